The third kappa shape index (κ3) is 4.47. The summed E-state index contributed by atoms with van der Waals surface area (Å²) in [6.07, 6.45) is 0.899. The van der Waals surface area contributed by atoms with E-state index in [4.69, 9.17) is 4.74 Å². The van der Waals surface area contributed by atoms with E-state index in [9.17, 15) is 4.79 Å². The summed E-state index contributed by atoms with van der Waals surface area (Å²) < 4.78 is 7.84. The van der Waals surface area contributed by atoms with Crippen LogP contribution in [0.3, 0.4) is 0 Å². The fourth-order valence-electron chi connectivity index (χ4n) is 4.09. The lowest BCUT2D eigenvalue weighted by molar-refractivity contribution is 0.252. The summed E-state index contributed by atoms with van der Waals surface area (Å²) in [5.41, 5.74) is 6.51. The lowest BCUT2D eigenvalue weighted by atomic mass is 10.1. The molecule has 32 heavy (non-hydrogen) atoms. The lowest BCUT2D eigenvalue weighted by Gasteiger charge is -2.14. The van der Waals surface area contributed by atoms with E-state index in [-0.39, 0.29) is 6.03 Å². The topological polar surface area (TPSA) is 55.3 Å². The van der Waals surface area contributed by atoms with Gasteiger partial charge in [0.25, 0.3) is 0 Å². The van der Waals surface area contributed by atoms with Gasteiger partial charge in [-0.2, -0.15) is 0 Å². The second-order valence-corrected chi connectivity index (χ2v) is 7.89. The molecule has 0 radical (unpaired) electrons. The quantitative estimate of drug-likeness (QED) is 0.369. The molecule has 164 valence electrons. The van der Waals surface area contributed by atoms with Crippen molar-refractivity contribution in [3.63, 3.8) is 0 Å². The molecule has 2 amide bonds. The Morgan fingerprint density at radius 1 is 1.00 bits per heavy atom. The lowest BCUT2D eigenvalue weighted by Crippen LogP contribution is -2.29. The SMILES string of the molecule is CCCNC(=O)Nc1cccc(-c2c(C)c3ccc(OC)cc3n2Cc2ccccc2)c1. The van der Waals surface area contributed by atoms with E-state index in [2.05, 4.69) is 64.6 Å². The van der Waals surface area contributed by atoms with Crippen molar-refractivity contribution in [1.29, 1.82) is 0 Å². The molecule has 0 saturated carbocycles. The Hall–Kier alpha value is -3.73. The Balaban J connectivity index is 1.81. The molecule has 0 aliphatic carbocycles. The Bertz CT molecular complexity index is 1230. The van der Waals surface area contributed by atoms with Crippen molar-refractivity contribution in [2.24, 2.45) is 0 Å². The number of hydrogen-bond donors (Lipinski definition) is 2. The first-order chi connectivity index (χ1) is 15.6. The number of carbonyl (C=O) groups excluding carboxylic acids is 1. The predicted molar refractivity (Wildman–Crippen MR) is 132 cm³/mol. The van der Waals surface area contributed by atoms with Crippen LogP contribution in [0.15, 0.2) is 72.8 Å². The molecule has 3 aromatic carbocycles. The van der Waals surface area contributed by atoms with E-state index in [1.807, 2.05) is 37.3 Å². The highest BCUT2D eigenvalue weighted by molar-refractivity contribution is 5.94. The number of hydrogen-bond acceptors (Lipinski definition) is 2. The van der Waals surface area contributed by atoms with Gasteiger partial charge in [-0.3, -0.25) is 0 Å². The minimum absolute atomic E-state index is 0.185. The second kappa shape index (κ2) is 9.60. The van der Waals surface area contributed by atoms with Crippen LogP contribution in [0.25, 0.3) is 22.2 Å². The molecule has 0 saturated heterocycles. The number of amides is 2. The number of ether oxygens (including phenoxy) is 1. The number of methoxy groups -OCH3 is 1. The van der Waals surface area contributed by atoms with Gasteiger partial charge in [-0.1, -0.05) is 49.4 Å². The largest absolute Gasteiger partial charge is 0.497 e. The molecule has 0 unspecified atom stereocenters. The summed E-state index contributed by atoms with van der Waals surface area (Å²) in [5.74, 6) is 0.832. The minimum atomic E-state index is -0.185. The maximum atomic E-state index is 12.2. The smallest absolute Gasteiger partial charge is 0.319 e. The summed E-state index contributed by atoms with van der Waals surface area (Å²) in [7, 11) is 1.69. The van der Waals surface area contributed by atoms with Gasteiger partial charge in [0.1, 0.15) is 5.75 Å². The number of carbonyl (C=O) groups is 1. The molecule has 5 heteroatoms. The highest BCUT2D eigenvalue weighted by Crippen LogP contribution is 2.36. The summed E-state index contributed by atoms with van der Waals surface area (Å²) in [5, 5.41) is 7.00. The third-order valence-electron chi connectivity index (χ3n) is 5.64. The number of rotatable bonds is 7. The van der Waals surface area contributed by atoms with Crippen LogP contribution >= 0.6 is 0 Å². The molecule has 4 aromatic rings. The first-order valence-corrected chi connectivity index (χ1v) is 11.0. The second-order valence-electron chi connectivity index (χ2n) is 7.89. The Labute approximate surface area is 189 Å². The van der Waals surface area contributed by atoms with E-state index < -0.39 is 0 Å². The van der Waals surface area contributed by atoms with Crippen LogP contribution in [0.2, 0.25) is 0 Å². The zero-order chi connectivity index (χ0) is 22.5. The highest BCUT2D eigenvalue weighted by Gasteiger charge is 2.17. The molecule has 1 heterocycles. The van der Waals surface area contributed by atoms with E-state index in [1.165, 1.54) is 16.5 Å². The number of urea groups is 1. The van der Waals surface area contributed by atoms with Gasteiger partial charge in [-0.15, -0.1) is 0 Å². The molecule has 4 rings (SSSR count). The molecule has 0 spiro atoms. The van der Waals surface area contributed by atoms with Gasteiger partial charge in [-0.25, -0.2) is 4.79 Å². The molecule has 0 aliphatic heterocycles. The number of benzene rings is 3. The Morgan fingerprint density at radius 3 is 2.56 bits per heavy atom. The first kappa shape index (κ1) is 21.5. The van der Waals surface area contributed by atoms with Gasteiger partial charge >= 0.3 is 6.03 Å². The average molecular weight is 428 g/mol. The molecular formula is C27H29N3O2. The van der Waals surface area contributed by atoms with Crippen LogP contribution in [0.1, 0.15) is 24.5 Å². The molecule has 5 nitrogen and oxygen atoms in total. The third-order valence-corrected chi connectivity index (χ3v) is 5.64. The van der Waals surface area contributed by atoms with Crippen LogP contribution < -0.4 is 15.4 Å². The standard InChI is InChI=1S/C27H29N3O2/c1-4-15-28-27(31)29-22-12-8-11-21(16-22)26-19(2)24-14-13-23(32-3)17-25(24)30(26)18-20-9-6-5-7-10-20/h5-14,16-17H,4,15,18H2,1-3H3,(H2,28,29,31). The van der Waals surface area contributed by atoms with Gasteiger partial charge in [0, 0.05) is 35.8 Å². The summed E-state index contributed by atoms with van der Waals surface area (Å²) >= 11 is 0. The maximum Gasteiger partial charge on any atom is 0.319 e. The summed E-state index contributed by atoms with van der Waals surface area (Å²) in [4.78, 5) is 12.2. The van der Waals surface area contributed by atoms with Crippen LogP contribution in [0.5, 0.6) is 5.75 Å². The Morgan fingerprint density at radius 2 is 1.81 bits per heavy atom. The summed E-state index contributed by atoms with van der Waals surface area (Å²) in [6, 6.07) is 24.5. The number of anilines is 1. The van der Waals surface area contributed by atoms with Gasteiger partial charge < -0.3 is 19.9 Å². The number of nitrogens with one attached hydrogen (secondary N) is 2. The van der Waals surface area contributed by atoms with Crippen molar-refractivity contribution in [3.8, 4) is 17.0 Å². The zero-order valence-corrected chi connectivity index (χ0v) is 18.8. The number of nitrogens with zero attached hydrogens (tertiary/aromatic N) is 1. The van der Waals surface area contributed by atoms with E-state index in [1.54, 1.807) is 7.11 Å². The van der Waals surface area contributed by atoms with Gasteiger partial charge in [0.2, 0.25) is 0 Å². The minimum Gasteiger partial charge on any atom is -0.497 e. The van der Waals surface area contributed by atoms with Crippen LogP contribution in [0, 0.1) is 6.92 Å². The zero-order valence-electron chi connectivity index (χ0n) is 18.8. The number of fused-ring (bicyclic) bond motifs is 1. The van der Waals surface area contributed by atoms with Crippen molar-refractivity contribution in [3.05, 3.63) is 83.9 Å². The molecule has 0 fully saturated rings. The van der Waals surface area contributed by atoms with Crippen molar-refractivity contribution < 1.29 is 9.53 Å². The molecule has 0 aliphatic rings. The fraction of sp³-hybridized carbons (Fsp3) is 0.222. The first-order valence-electron chi connectivity index (χ1n) is 11.0. The van der Waals surface area contributed by atoms with Gasteiger partial charge in [-0.05, 0) is 48.7 Å². The number of aromatic nitrogens is 1. The van der Waals surface area contributed by atoms with Crippen molar-refractivity contribution in [1.82, 2.24) is 9.88 Å². The number of aryl methyl sites for hydroxylation is 1. The average Bonchev–Trinajstić information content (AvgIpc) is 3.09. The molecular weight excluding hydrogens is 398 g/mol. The van der Waals surface area contributed by atoms with Crippen molar-refractivity contribution >= 4 is 22.6 Å². The molecule has 2 N–H and O–H groups in total. The van der Waals surface area contributed by atoms with Crippen molar-refractivity contribution in [2.75, 3.05) is 19.0 Å². The predicted octanol–water partition coefficient (Wildman–Crippen LogP) is 6.21. The van der Waals surface area contributed by atoms with E-state index in [0.717, 1.165) is 41.2 Å². The monoisotopic (exact) mass is 427 g/mol. The normalized spacial score (nSPS) is 10.8. The van der Waals surface area contributed by atoms with Gasteiger partial charge in [0.15, 0.2) is 0 Å². The molecule has 0 atom stereocenters. The molecule has 0 bridgehead atoms. The Kier molecular flexibility index (Phi) is 6.45. The van der Waals surface area contributed by atoms with E-state index >= 15 is 0 Å². The highest BCUT2D eigenvalue weighted by atomic mass is 16.5. The van der Waals surface area contributed by atoms with Crippen molar-refractivity contribution in [2.45, 2.75) is 26.8 Å². The summed E-state index contributed by atoms with van der Waals surface area (Å²) in [6.45, 7) is 5.57. The van der Waals surface area contributed by atoms with Crippen LogP contribution in [0.4, 0.5) is 10.5 Å². The maximum absolute atomic E-state index is 12.2. The van der Waals surface area contributed by atoms with E-state index in [0.29, 0.717) is 6.54 Å². The van der Waals surface area contributed by atoms with Crippen LogP contribution in [-0.2, 0) is 6.54 Å². The molecule has 1 aromatic heterocycles. The van der Waals surface area contributed by atoms with Gasteiger partial charge in [0.05, 0.1) is 18.3 Å². The van der Waals surface area contributed by atoms with Crippen LogP contribution in [-0.4, -0.2) is 24.3 Å². The fourth-order valence-corrected chi connectivity index (χ4v) is 4.09.